The molecule has 4 nitrogen and oxygen atoms in total. The van der Waals surface area contributed by atoms with E-state index in [1.54, 1.807) is 6.92 Å². The zero-order valence-electron chi connectivity index (χ0n) is 16.2. The van der Waals surface area contributed by atoms with Crippen LogP contribution in [0.4, 0.5) is 0 Å². The van der Waals surface area contributed by atoms with E-state index in [4.69, 9.17) is 9.47 Å². The summed E-state index contributed by atoms with van der Waals surface area (Å²) >= 11 is 0. The second-order valence-corrected chi connectivity index (χ2v) is 6.56. The van der Waals surface area contributed by atoms with Crippen molar-refractivity contribution in [3.63, 3.8) is 0 Å². The Morgan fingerprint density at radius 1 is 1.04 bits per heavy atom. The van der Waals surface area contributed by atoms with Gasteiger partial charge in [0.2, 0.25) is 0 Å². The Balaban J connectivity index is 1.72. The first-order chi connectivity index (χ1) is 12.5. The van der Waals surface area contributed by atoms with Crippen molar-refractivity contribution >= 4 is 5.91 Å². The molecular weight excluding hydrogens is 326 g/mol. The minimum absolute atomic E-state index is 0.0872. The van der Waals surface area contributed by atoms with Gasteiger partial charge in [-0.25, -0.2) is 0 Å². The molecule has 0 aromatic heterocycles. The first-order valence-corrected chi connectivity index (χ1v) is 9.22. The molecule has 0 saturated heterocycles. The number of hydrogen-bond acceptors (Lipinski definition) is 3. The molecule has 0 aliphatic carbocycles. The van der Waals surface area contributed by atoms with Gasteiger partial charge in [0.15, 0.2) is 6.10 Å². The number of hydrogen-bond donors (Lipinski definition) is 1. The highest BCUT2D eigenvalue weighted by molar-refractivity contribution is 5.80. The molecule has 2 aromatic carbocycles. The Bertz CT molecular complexity index is 690. The standard InChI is InChI=1S/C22H29NO3/c1-5-25-20-10-8-19(9-11-20)7-6-12-23-22(24)18(4)26-21-14-16(2)13-17(3)15-21/h8-11,13-15,18H,5-7,12H2,1-4H3,(H,23,24)/t18-/m0/s1. The predicted octanol–water partition coefficient (Wildman–Crippen LogP) is 4.22. The summed E-state index contributed by atoms with van der Waals surface area (Å²) in [6.07, 6.45) is 1.29. The van der Waals surface area contributed by atoms with Crippen molar-refractivity contribution in [1.82, 2.24) is 5.32 Å². The summed E-state index contributed by atoms with van der Waals surface area (Å²) in [5.74, 6) is 1.54. The van der Waals surface area contributed by atoms with Gasteiger partial charge < -0.3 is 14.8 Å². The molecule has 0 aliphatic heterocycles. The third kappa shape index (κ3) is 6.43. The summed E-state index contributed by atoms with van der Waals surface area (Å²) in [7, 11) is 0. The zero-order valence-corrected chi connectivity index (χ0v) is 16.2. The van der Waals surface area contributed by atoms with Gasteiger partial charge in [-0.3, -0.25) is 4.79 Å². The Morgan fingerprint density at radius 2 is 1.69 bits per heavy atom. The molecule has 1 N–H and O–H groups in total. The lowest BCUT2D eigenvalue weighted by Crippen LogP contribution is -2.37. The summed E-state index contributed by atoms with van der Waals surface area (Å²) in [6, 6.07) is 14.1. The van der Waals surface area contributed by atoms with Crippen molar-refractivity contribution in [2.45, 2.75) is 46.6 Å². The summed E-state index contributed by atoms with van der Waals surface area (Å²) in [4.78, 5) is 12.2. The van der Waals surface area contributed by atoms with Gasteiger partial charge in [0.1, 0.15) is 11.5 Å². The Kier molecular flexibility index (Phi) is 7.52. The quantitative estimate of drug-likeness (QED) is 0.685. The fraction of sp³-hybridized carbons (Fsp3) is 0.409. The maximum atomic E-state index is 12.2. The van der Waals surface area contributed by atoms with Crippen LogP contribution in [0, 0.1) is 13.8 Å². The minimum Gasteiger partial charge on any atom is -0.494 e. The average molecular weight is 355 g/mol. The largest absolute Gasteiger partial charge is 0.494 e. The van der Waals surface area contributed by atoms with Gasteiger partial charge >= 0.3 is 0 Å². The van der Waals surface area contributed by atoms with Crippen LogP contribution < -0.4 is 14.8 Å². The summed E-state index contributed by atoms with van der Waals surface area (Å²) in [5, 5.41) is 2.95. The van der Waals surface area contributed by atoms with Gasteiger partial charge in [-0.15, -0.1) is 0 Å². The van der Waals surface area contributed by atoms with E-state index in [-0.39, 0.29) is 5.91 Å². The van der Waals surface area contributed by atoms with Gasteiger partial charge in [0.05, 0.1) is 6.61 Å². The van der Waals surface area contributed by atoms with Gasteiger partial charge in [-0.05, 0) is 81.5 Å². The lowest BCUT2D eigenvalue weighted by molar-refractivity contribution is -0.127. The van der Waals surface area contributed by atoms with Crippen molar-refractivity contribution in [1.29, 1.82) is 0 Å². The molecule has 2 rings (SSSR count). The highest BCUT2D eigenvalue weighted by Gasteiger charge is 2.14. The molecule has 0 saturated carbocycles. The second-order valence-electron chi connectivity index (χ2n) is 6.56. The van der Waals surface area contributed by atoms with Crippen molar-refractivity contribution in [3.05, 3.63) is 59.2 Å². The number of aryl methyl sites for hydroxylation is 3. The molecule has 0 spiro atoms. The minimum atomic E-state index is -0.512. The highest BCUT2D eigenvalue weighted by Crippen LogP contribution is 2.17. The van der Waals surface area contributed by atoms with Crippen LogP contribution in [0.5, 0.6) is 11.5 Å². The molecule has 0 fully saturated rings. The van der Waals surface area contributed by atoms with Crippen LogP contribution in [-0.4, -0.2) is 25.2 Å². The number of ether oxygens (including phenoxy) is 2. The molecule has 26 heavy (non-hydrogen) atoms. The van der Waals surface area contributed by atoms with Crippen LogP contribution >= 0.6 is 0 Å². The van der Waals surface area contributed by atoms with Crippen molar-refractivity contribution in [2.24, 2.45) is 0 Å². The van der Waals surface area contributed by atoms with Crippen LogP contribution in [0.25, 0.3) is 0 Å². The molecule has 140 valence electrons. The van der Waals surface area contributed by atoms with E-state index in [1.807, 2.05) is 45.0 Å². The zero-order chi connectivity index (χ0) is 18.9. The van der Waals surface area contributed by atoms with E-state index in [9.17, 15) is 4.79 Å². The van der Waals surface area contributed by atoms with Crippen molar-refractivity contribution in [3.8, 4) is 11.5 Å². The summed E-state index contributed by atoms with van der Waals surface area (Å²) in [6.45, 7) is 9.10. The number of benzene rings is 2. The molecule has 0 radical (unpaired) electrons. The maximum absolute atomic E-state index is 12.2. The number of carbonyl (C=O) groups excluding carboxylic acids is 1. The van der Waals surface area contributed by atoms with Crippen LogP contribution in [0.1, 0.15) is 37.0 Å². The van der Waals surface area contributed by atoms with E-state index in [2.05, 4.69) is 23.5 Å². The van der Waals surface area contributed by atoms with E-state index in [1.165, 1.54) is 5.56 Å². The molecule has 0 unspecified atom stereocenters. The lowest BCUT2D eigenvalue weighted by atomic mass is 10.1. The Labute approximate surface area is 156 Å². The first-order valence-electron chi connectivity index (χ1n) is 9.22. The fourth-order valence-corrected chi connectivity index (χ4v) is 2.83. The topological polar surface area (TPSA) is 47.6 Å². The number of rotatable bonds is 9. The first kappa shape index (κ1) is 19.8. The molecule has 4 heteroatoms. The van der Waals surface area contributed by atoms with Gasteiger partial charge in [0.25, 0.3) is 5.91 Å². The number of carbonyl (C=O) groups is 1. The molecule has 1 amide bonds. The molecular formula is C22H29NO3. The van der Waals surface area contributed by atoms with Gasteiger partial charge in [0, 0.05) is 6.54 Å². The predicted molar refractivity (Wildman–Crippen MR) is 105 cm³/mol. The average Bonchev–Trinajstić information content (AvgIpc) is 2.59. The smallest absolute Gasteiger partial charge is 0.260 e. The van der Waals surface area contributed by atoms with Crippen LogP contribution in [0.15, 0.2) is 42.5 Å². The summed E-state index contributed by atoms with van der Waals surface area (Å²) in [5.41, 5.74) is 3.49. The normalized spacial score (nSPS) is 11.7. The van der Waals surface area contributed by atoms with Crippen LogP contribution in [0.3, 0.4) is 0 Å². The van der Waals surface area contributed by atoms with Crippen LogP contribution in [0.2, 0.25) is 0 Å². The maximum Gasteiger partial charge on any atom is 0.260 e. The lowest BCUT2D eigenvalue weighted by Gasteiger charge is -2.15. The summed E-state index contributed by atoms with van der Waals surface area (Å²) < 4.78 is 11.2. The Hall–Kier alpha value is -2.49. The number of nitrogens with one attached hydrogen (secondary N) is 1. The van der Waals surface area contributed by atoms with Crippen molar-refractivity contribution in [2.75, 3.05) is 13.2 Å². The molecule has 1 atom stereocenters. The van der Waals surface area contributed by atoms with Gasteiger partial charge in [-0.2, -0.15) is 0 Å². The van der Waals surface area contributed by atoms with Crippen LogP contribution in [-0.2, 0) is 11.2 Å². The second kappa shape index (κ2) is 9.85. The number of amides is 1. The van der Waals surface area contributed by atoms with E-state index < -0.39 is 6.10 Å². The monoisotopic (exact) mass is 355 g/mol. The van der Waals surface area contributed by atoms with Gasteiger partial charge in [-0.1, -0.05) is 18.2 Å². The molecule has 0 aliphatic rings. The van der Waals surface area contributed by atoms with Crippen molar-refractivity contribution < 1.29 is 14.3 Å². The molecule has 2 aromatic rings. The van der Waals surface area contributed by atoms with E-state index >= 15 is 0 Å². The SMILES string of the molecule is CCOc1ccc(CCCNC(=O)[C@H](C)Oc2cc(C)cc(C)c2)cc1. The third-order valence-electron chi connectivity index (χ3n) is 4.05. The molecule has 0 bridgehead atoms. The highest BCUT2D eigenvalue weighted by atomic mass is 16.5. The molecule has 0 heterocycles. The van der Waals surface area contributed by atoms with E-state index in [0.29, 0.717) is 13.2 Å². The van der Waals surface area contributed by atoms with E-state index in [0.717, 1.165) is 35.5 Å². The third-order valence-corrected chi connectivity index (χ3v) is 4.05. The fourth-order valence-electron chi connectivity index (χ4n) is 2.83. The Morgan fingerprint density at radius 3 is 2.31 bits per heavy atom.